The van der Waals surface area contributed by atoms with Crippen LogP contribution >= 0.6 is 11.3 Å². The standard InChI is InChI=1S/C26H21NO3S/c1-2-3-18-30-22-17-11-10-16-21(22)25-27(20-14-8-5-9-15-20)24(28)23(26(29)31-25)19-12-6-4-7-13-19/h2,4-17H,1,3,18H2/p+1. The van der Waals surface area contributed by atoms with Crippen LogP contribution in [0.25, 0.3) is 27.4 Å². The number of para-hydroxylation sites is 2. The zero-order valence-electron chi connectivity index (χ0n) is 16.9. The maximum Gasteiger partial charge on any atom is 0.385 e. The summed E-state index contributed by atoms with van der Waals surface area (Å²) in [6.45, 7) is 4.21. The molecular weight excluding hydrogens is 406 g/mol. The second-order valence-electron chi connectivity index (χ2n) is 6.85. The Morgan fingerprint density at radius 2 is 1.58 bits per heavy atom. The van der Waals surface area contributed by atoms with E-state index in [-0.39, 0.29) is 16.2 Å². The molecule has 3 aromatic carbocycles. The topological polar surface area (TPSA) is 50.4 Å². The molecule has 4 nitrogen and oxygen atoms in total. The molecule has 0 atom stereocenters. The summed E-state index contributed by atoms with van der Waals surface area (Å²) >= 11 is 1.09. The second-order valence-corrected chi connectivity index (χ2v) is 7.81. The third kappa shape index (κ3) is 4.27. The first-order valence-electron chi connectivity index (χ1n) is 9.96. The molecule has 4 aromatic rings. The zero-order chi connectivity index (χ0) is 21.6. The van der Waals surface area contributed by atoms with Gasteiger partial charge in [0.05, 0.1) is 6.61 Å². The minimum absolute atomic E-state index is 0.1000. The molecule has 0 saturated carbocycles. The van der Waals surface area contributed by atoms with Crippen LogP contribution in [0.4, 0.5) is 0 Å². The van der Waals surface area contributed by atoms with E-state index >= 15 is 0 Å². The summed E-state index contributed by atoms with van der Waals surface area (Å²) in [6, 6.07) is 26.3. The number of benzene rings is 3. The average Bonchev–Trinajstić information content (AvgIpc) is 2.80. The van der Waals surface area contributed by atoms with Crippen molar-refractivity contribution >= 4 is 11.3 Å². The van der Waals surface area contributed by atoms with Crippen molar-refractivity contribution in [3.05, 3.63) is 107 Å². The van der Waals surface area contributed by atoms with Gasteiger partial charge in [-0.2, -0.15) is 0 Å². The fourth-order valence-electron chi connectivity index (χ4n) is 3.35. The second kappa shape index (κ2) is 9.41. The van der Waals surface area contributed by atoms with Crippen LogP contribution in [0.5, 0.6) is 11.6 Å². The Morgan fingerprint density at radius 1 is 0.935 bits per heavy atom. The van der Waals surface area contributed by atoms with Crippen LogP contribution in [0, 0.1) is 0 Å². The first-order valence-corrected chi connectivity index (χ1v) is 10.8. The molecule has 0 saturated heterocycles. The Labute approximate surface area is 185 Å². The van der Waals surface area contributed by atoms with E-state index in [9.17, 15) is 9.90 Å². The highest BCUT2D eigenvalue weighted by Crippen LogP contribution is 2.34. The summed E-state index contributed by atoms with van der Waals surface area (Å²) in [7, 11) is 0. The quantitative estimate of drug-likeness (QED) is 0.244. The largest absolute Gasteiger partial charge is 0.492 e. The molecule has 0 aliphatic carbocycles. The van der Waals surface area contributed by atoms with E-state index in [0.717, 1.165) is 22.6 Å². The molecule has 0 amide bonds. The van der Waals surface area contributed by atoms with Crippen LogP contribution in [0.2, 0.25) is 0 Å². The lowest BCUT2D eigenvalue weighted by molar-refractivity contribution is -0.589. The fourth-order valence-corrected chi connectivity index (χ4v) is 4.40. The summed E-state index contributed by atoms with van der Waals surface area (Å²) in [5.74, 6) is 0.550. The number of nitrogens with zero attached hydrogens (tertiary/aromatic N) is 1. The van der Waals surface area contributed by atoms with Gasteiger partial charge in [-0.15, -0.1) is 11.1 Å². The van der Waals surface area contributed by atoms with Gasteiger partial charge in [-0.25, -0.2) is 0 Å². The molecular formula is C26H22NO3S+. The van der Waals surface area contributed by atoms with Crippen molar-refractivity contribution in [2.24, 2.45) is 0 Å². The van der Waals surface area contributed by atoms with Crippen molar-refractivity contribution < 1.29 is 14.4 Å². The molecule has 31 heavy (non-hydrogen) atoms. The van der Waals surface area contributed by atoms with E-state index in [0.29, 0.717) is 29.3 Å². The average molecular weight is 429 g/mol. The van der Waals surface area contributed by atoms with Gasteiger partial charge in [0, 0.05) is 12.1 Å². The van der Waals surface area contributed by atoms with E-state index in [1.54, 1.807) is 10.6 Å². The number of hydrogen-bond acceptors (Lipinski definition) is 4. The van der Waals surface area contributed by atoms with Crippen LogP contribution < -0.4 is 14.0 Å². The van der Waals surface area contributed by atoms with E-state index in [1.165, 1.54) is 0 Å². The lowest BCUT2D eigenvalue weighted by atomic mass is 10.1. The molecule has 0 spiro atoms. The molecule has 154 valence electrons. The predicted molar refractivity (Wildman–Crippen MR) is 125 cm³/mol. The molecule has 0 fully saturated rings. The zero-order valence-corrected chi connectivity index (χ0v) is 17.7. The highest BCUT2D eigenvalue weighted by Gasteiger charge is 2.30. The maximum absolute atomic E-state index is 13.2. The number of aromatic hydroxyl groups is 1. The SMILES string of the molecule is C=CCCOc1ccccc1-c1sc(=O)c(-c2ccccc2)c(O)[n+]1-c1ccccc1. The summed E-state index contributed by atoms with van der Waals surface area (Å²) in [4.78, 5) is 13.2. The molecule has 1 aromatic heterocycles. The number of ether oxygens (including phenoxy) is 1. The predicted octanol–water partition coefficient (Wildman–Crippen LogP) is 5.38. The fraction of sp³-hybridized carbons (Fsp3) is 0.0769. The first-order chi connectivity index (χ1) is 15.2. The van der Waals surface area contributed by atoms with E-state index in [1.807, 2.05) is 84.9 Å². The Balaban J connectivity index is 1.98. The van der Waals surface area contributed by atoms with Gasteiger partial charge in [0.25, 0.3) is 9.75 Å². The van der Waals surface area contributed by atoms with E-state index in [2.05, 4.69) is 6.58 Å². The highest BCUT2D eigenvalue weighted by molar-refractivity contribution is 7.12. The minimum atomic E-state index is -0.216. The molecule has 0 aliphatic rings. The minimum Gasteiger partial charge on any atom is -0.492 e. The van der Waals surface area contributed by atoms with Crippen LogP contribution in [0.1, 0.15) is 6.42 Å². The highest BCUT2D eigenvalue weighted by atomic mass is 32.1. The number of hydrogen-bond donors (Lipinski definition) is 1. The van der Waals surface area contributed by atoms with Crippen molar-refractivity contribution in [3.63, 3.8) is 0 Å². The Bertz CT molecular complexity index is 1250. The van der Waals surface area contributed by atoms with Crippen LogP contribution in [0.3, 0.4) is 0 Å². The van der Waals surface area contributed by atoms with Crippen LogP contribution in [0.15, 0.2) is 102 Å². The van der Waals surface area contributed by atoms with Gasteiger partial charge >= 0.3 is 5.88 Å². The summed E-state index contributed by atoms with van der Waals surface area (Å²) in [5, 5.41) is 11.9. The number of aromatic nitrogens is 1. The van der Waals surface area contributed by atoms with Crippen molar-refractivity contribution in [2.75, 3.05) is 6.61 Å². The van der Waals surface area contributed by atoms with Crippen LogP contribution in [-0.4, -0.2) is 11.7 Å². The molecule has 0 bridgehead atoms. The molecule has 4 rings (SSSR count). The maximum atomic E-state index is 13.2. The van der Waals surface area contributed by atoms with Crippen molar-refractivity contribution in [1.29, 1.82) is 0 Å². The van der Waals surface area contributed by atoms with Gasteiger partial charge in [-0.05, 0) is 35.5 Å². The lowest BCUT2D eigenvalue weighted by Crippen LogP contribution is -2.35. The molecule has 0 aliphatic heterocycles. The molecule has 0 unspecified atom stereocenters. The Kier molecular flexibility index (Phi) is 6.24. The van der Waals surface area contributed by atoms with Gasteiger partial charge in [-0.1, -0.05) is 66.7 Å². The van der Waals surface area contributed by atoms with Gasteiger partial charge in [0.15, 0.2) is 5.56 Å². The van der Waals surface area contributed by atoms with Crippen molar-refractivity contribution in [2.45, 2.75) is 6.42 Å². The lowest BCUT2D eigenvalue weighted by Gasteiger charge is -2.11. The normalized spacial score (nSPS) is 10.6. The summed E-state index contributed by atoms with van der Waals surface area (Å²) < 4.78 is 7.45. The smallest absolute Gasteiger partial charge is 0.385 e. The third-order valence-electron chi connectivity index (χ3n) is 4.81. The third-order valence-corrected chi connectivity index (χ3v) is 5.79. The molecule has 1 N–H and O–H groups in total. The van der Waals surface area contributed by atoms with Crippen molar-refractivity contribution in [1.82, 2.24) is 0 Å². The van der Waals surface area contributed by atoms with E-state index < -0.39 is 0 Å². The van der Waals surface area contributed by atoms with Gasteiger partial charge in [-0.3, -0.25) is 4.79 Å². The van der Waals surface area contributed by atoms with E-state index in [4.69, 9.17) is 4.74 Å². The molecule has 0 radical (unpaired) electrons. The Hall–Kier alpha value is -3.70. The van der Waals surface area contributed by atoms with Crippen LogP contribution in [-0.2, 0) is 0 Å². The number of rotatable bonds is 7. The summed E-state index contributed by atoms with van der Waals surface area (Å²) in [6.07, 6.45) is 2.51. The molecule has 1 heterocycles. The molecule has 5 heteroatoms. The Morgan fingerprint density at radius 3 is 2.29 bits per heavy atom. The van der Waals surface area contributed by atoms with Gasteiger partial charge in [0.1, 0.15) is 11.3 Å². The van der Waals surface area contributed by atoms with Gasteiger partial charge < -0.3 is 9.84 Å². The summed E-state index contributed by atoms with van der Waals surface area (Å²) in [5.41, 5.74) is 2.45. The first kappa shape index (κ1) is 20.6. The monoisotopic (exact) mass is 428 g/mol. The van der Waals surface area contributed by atoms with Gasteiger partial charge in [0.2, 0.25) is 5.69 Å². The van der Waals surface area contributed by atoms with Crippen molar-refractivity contribution in [3.8, 4) is 39.0 Å².